The highest BCUT2D eigenvalue weighted by Crippen LogP contribution is 2.07. The van der Waals surface area contributed by atoms with Gasteiger partial charge in [-0.3, -0.25) is 0 Å². The summed E-state index contributed by atoms with van der Waals surface area (Å²) in [7, 11) is 1.00. The first-order valence-corrected chi connectivity index (χ1v) is 5.30. The third-order valence-electron chi connectivity index (χ3n) is 1.93. The number of unbranched alkanes of at least 4 members (excludes halogenated alkanes) is 7. The molecule has 0 aliphatic heterocycles. The molecule has 0 spiro atoms. The summed E-state index contributed by atoms with van der Waals surface area (Å²) in [6.45, 7) is 2.23. The molecular formula is C11H24O2. The van der Waals surface area contributed by atoms with Gasteiger partial charge in [0.25, 0.3) is 0 Å². The van der Waals surface area contributed by atoms with Gasteiger partial charge in [0, 0.05) is 13.5 Å². The van der Waals surface area contributed by atoms with Crippen molar-refractivity contribution in [3.8, 4) is 0 Å². The molecule has 13 heavy (non-hydrogen) atoms. The summed E-state index contributed by atoms with van der Waals surface area (Å²) >= 11 is 0. The fraction of sp³-hybridized carbons (Fsp3) is 0.909. The van der Waals surface area contributed by atoms with Gasteiger partial charge in [-0.2, -0.15) is 0 Å². The van der Waals surface area contributed by atoms with Crippen LogP contribution in [0.3, 0.4) is 0 Å². The molecule has 0 unspecified atom stereocenters. The quantitative estimate of drug-likeness (QED) is 0.469. The van der Waals surface area contributed by atoms with Crippen LogP contribution in [0.25, 0.3) is 0 Å². The Labute approximate surface area is 82.4 Å². The molecule has 0 aliphatic carbocycles. The molecule has 0 bridgehead atoms. The predicted molar refractivity (Wildman–Crippen MR) is 56.8 cm³/mol. The minimum absolute atomic E-state index is 0.758. The first-order valence-electron chi connectivity index (χ1n) is 5.30. The Morgan fingerprint density at radius 2 is 1.38 bits per heavy atom. The molecule has 2 heteroatoms. The minimum Gasteiger partial charge on any atom is -0.400 e. The van der Waals surface area contributed by atoms with Crippen LogP contribution in [0, 0.1) is 0 Å². The van der Waals surface area contributed by atoms with Crippen molar-refractivity contribution >= 4 is 6.29 Å². The first-order chi connectivity index (χ1) is 6.41. The Morgan fingerprint density at radius 1 is 0.923 bits per heavy atom. The molecule has 0 aromatic rings. The van der Waals surface area contributed by atoms with Crippen molar-refractivity contribution in [1.82, 2.24) is 0 Å². The number of aldehydes is 1. The van der Waals surface area contributed by atoms with E-state index in [0.29, 0.717) is 0 Å². The minimum atomic E-state index is 0.758. The van der Waals surface area contributed by atoms with E-state index in [4.69, 9.17) is 5.11 Å². The first kappa shape index (κ1) is 15.1. The maximum absolute atomic E-state index is 9.94. The summed E-state index contributed by atoms with van der Waals surface area (Å²) in [4.78, 5) is 9.94. The lowest BCUT2D eigenvalue weighted by Gasteiger charge is -1.97. The second-order valence-corrected chi connectivity index (χ2v) is 3.08. The molecule has 0 aliphatic rings. The third kappa shape index (κ3) is 18.5. The average Bonchev–Trinajstić information content (AvgIpc) is 2.20. The van der Waals surface area contributed by atoms with Gasteiger partial charge in [0.1, 0.15) is 6.29 Å². The summed E-state index contributed by atoms with van der Waals surface area (Å²) in [5.74, 6) is 0. The van der Waals surface area contributed by atoms with E-state index in [-0.39, 0.29) is 0 Å². The van der Waals surface area contributed by atoms with Crippen LogP contribution in [0.2, 0.25) is 0 Å². The highest BCUT2D eigenvalue weighted by atomic mass is 16.2. The van der Waals surface area contributed by atoms with E-state index in [2.05, 4.69) is 6.92 Å². The van der Waals surface area contributed by atoms with Gasteiger partial charge in [-0.25, -0.2) is 0 Å². The number of hydrogen-bond donors (Lipinski definition) is 1. The zero-order valence-corrected chi connectivity index (χ0v) is 9.09. The van der Waals surface area contributed by atoms with Crippen LogP contribution < -0.4 is 0 Å². The van der Waals surface area contributed by atoms with Gasteiger partial charge in [0.05, 0.1) is 0 Å². The number of carbonyl (C=O) groups excluding carboxylic acids is 1. The maximum Gasteiger partial charge on any atom is 0.119 e. The number of rotatable bonds is 8. The zero-order chi connectivity index (χ0) is 10.4. The largest absolute Gasteiger partial charge is 0.400 e. The average molecular weight is 188 g/mol. The highest BCUT2D eigenvalue weighted by Gasteiger charge is 1.89. The van der Waals surface area contributed by atoms with Crippen molar-refractivity contribution in [1.29, 1.82) is 0 Å². The Morgan fingerprint density at radius 3 is 1.85 bits per heavy atom. The SMILES string of the molecule is CCCCCCCCCC=O.CO. The number of aliphatic hydroxyl groups excluding tert-OH is 1. The van der Waals surface area contributed by atoms with Gasteiger partial charge in [-0.05, 0) is 6.42 Å². The molecule has 2 nitrogen and oxygen atoms in total. The molecule has 0 aromatic carbocycles. The highest BCUT2D eigenvalue weighted by molar-refractivity contribution is 5.48. The maximum atomic E-state index is 9.94. The molecule has 0 radical (unpaired) electrons. The van der Waals surface area contributed by atoms with E-state index in [1.807, 2.05) is 0 Å². The van der Waals surface area contributed by atoms with Crippen LogP contribution in [0.15, 0.2) is 0 Å². The Bertz CT molecular complexity index is 82.2. The van der Waals surface area contributed by atoms with Crippen LogP contribution in [0.4, 0.5) is 0 Å². The predicted octanol–water partition coefficient (Wildman–Crippen LogP) is 2.93. The van der Waals surface area contributed by atoms with Crippen LogP contribution in [0.5, 0.6) is 0 Å². The van der Waals surface area contributed by atoms with E-state index in [1.54, 1.807) is 0 Å². The number of aliphatic hydroxyl groups is 1. The lowest BCUT2D eigenvalue weighted by atomic mass is 10.1. The van der Waals surface area contributed by atoms with Gasteiger partial charge in [0.15, 0.2) is 0 Å². The van der Waals surface area contributed by atoms with Crippen molar-refractivity contribution in [2.45, 2.75) is 58.3 Å². The van der Waals surface area contributed by atoms with Crippen LogP contribution in [-0.4, -0.2) is 18.5 Å². The molecule has 80 valence electrons. The standard InChI is InChI=1S/C10H20O.CH4O/c1-2-3-4-5-6-7-8-9-10-11;1-2/h10H,2-9H2,1H3;2H,1H3. The topological polar surface area (TPSA) is 37.3 Å². The molecular weight excluding hydrogens is 164 g/mol. The molecule has 0 heterocycles. The molecule has 0 saturated carbocycles. The molecule has 0 rings (SSSR count). The molecule has 0 saturated heterocycles. The van der Waals surface area contributed by atoms with Crippen molar-refractivity contribution in [2.75, 3.05) is 7.11 Å². The smallest absolute Gasteiger partial charge is 0.119 e. The fourth-order valence-electron chi connectivity index (χ4n) is 1.18. The Hall–Kier alpha value is -0.370. The second-order valence-electron chi connectivity index (χ2n) is 3.08. The fourth-order valence-corrected chi connectivity index (χ4v) is 1.18. The van der Waals surface area contributed by atoms with Crippen molar-refractivity contribution in [3.05, 3.63) is 0 Å². The Kier molecular flexibility index (Phi) is 20.5. The summed E-state index contributed by atoms with van der Waals surface area (Å²) in [5.41, 5.74) is 0. The van der Waals surface area contributed by atoms with Crippen LogP contribution in [-0.2, 0) is 4.79 Å². The Balaban J connectivity index is 0. The van der Waals surface area contributed by atoms with Gasteiger partial charge in [-0.15, -0.1) is 0 Å². The van der Waals surface area contributed by atoms with E-state index in [0.717, 1.165) is 26.2 Å². The lowest BCUT2D eigenvalue weighted by Crippen LogP contribution is -1.80. The molecule has 1 N–H and O–H groups in total. The zero-order valence-electron chi connectivity index (χ0n) is 9.09. The monoisotopic (exact) mass is 188 g/mol. The third-order valence-corrected chi connectivity index (χ3v) is 1.93. The van der Waals surface area contributed by atoms with Gasteiger partial charge in [-0.1, -0.05) is 45.4 Å². The summed E-state index contributed by atoms with van der Waals surface area (Å²) in [6, 6.07) is 0. The van der Waals surface area contributed by atoms with E-state index in [1.165, 1.54) is 38.5 Å². The van der Waals surface area contributed by atoms with E-state index in [9.17, 15) is 4.79 Å². The number of hydrogen-bond acceptors (Lipinski definition) is 2. The summed E-state index contributed by atoms with van der Waals surface area (Å²) in [6.07, 6.45) is 10.8. The van der Waals surface area contributed by atoms with Gasteiger partial charge in [0.2, 0.25) is 0 Å². The van der Waals surface area contributed by atoms with Gasteiger partial charge >= 0.3 is 0 Å². The summed E-state index contributed by atoms with van der Waals surface area (Å²) < 4.78 is 0. The summed E-state index contributed by atoms with van der Waals surface area (Å²) in [5, 5.41) is 7.00. The molecule has 0 aromatic heterocycles. The number of carbonyl (C=O) groups is 1. The van der Waals surface area contributed by atoms with Crippen LogP contribution >= 0.6 is 0 Å². The molecule has 0 amide bonds. The second kappa shape index (κ2) is 17.6. The normalized spacial score (nSPS) is 8.85. The molecule has 0 atom stereocenters. The van der Waals surface area contributed by atoms with Crippen LogP contribution in [0.1, 0.15) is 58.3 Å². The van der Waals surface area contributed by atoms with E-state index < -0.39 is 0 Å². The van der Waals surface area contributed by atoms with Gasteiger partial charge < -0.3 is 9.90 Å². The van der Waals surface area contributed by atoms with Crippen molar-refractivity contribution in [3.63, 3.8) is 0 Å². The lowest BCUT2D eigenvalue weighted by molar-refractivity contribution is -0.107. The molecule has 0 fully saturated rings. The van der Waals surface area contributed by atoms with E-state index >= 15 is 0 Å². The van der Waals surface area contributed by atoms with Crippen molar-refractivity contribution < 1.29 is 9.90 Å². The van der Waals surface area contributed by atoms with Crippen molar-refractivity contribution in [2.24, 2.45) is 0 Å².